The topological polar surface area (TPSA) is 56.9 Å². The van der Waals surface area contributed by atoms with Crippen molar-refractivity contribution < 1.29 is 5.11 Å². The normalized spacial score (nSPS) is 30.8. The first-order valence-electron chi connectivity index (χ1n) is 5.28. The lowest BCUT2D eigenvalue weighted by atomic mass is 9.72. The fourth-order valence-corrected chi connectivity index (χ4v) is 2.17. The summed E-state index contributed by atoms with van der Waals surface area (Å²) in [5, 5.41) is 18.8. The van der Waals surface area contributed by atoms with Crippen molar-refractivity contribution in [3.05, 3.63) is 30.1 Å². The van der Waals surface area contributed by atoms with Crippen LogP contribution in [-0.2, 0) is 5.41 Å². The molecule has 1 aliphatic rings. The molecule has 15 heavy (non-hydrogen) atoms. The molecule has 3 heteroatoms. The van der Waals surface area contributed by atoms with Crippen molar-refractivity contribution >= 4 is 0 Å². The molecule has 0 saturated heterocycles. The number of nitriles is 1. The third-order valence-corrected chi connectivity index (χ3v) is 3.18. The van der Waals surface area contributed by atoms with Gasteiger partial charge < -0.3 is 5.11 Å². The second-order valence-electron chi connectivity index (χ2n) is 4.14. The van der Waals surface area contributed by atoms with Crippen molar-refractivity contribution in [1.82, 2.24) is 4.98 Å². The number of hydrogen-bond acceptors (Lipinski definition) is 3. The first kappa shape index (κ1) is 10.1. The summed E-state index contributed by atoms with van der Waals surface area (Å²) in [6.45, 7) is 0. The van der Waals surface area contributed by atoms with Crippen LogP contribution in [0.25, 0.3) is 0 Å². The number of aromatic nitrogens is 1. The molecule has 1 aromatic heterocycles. The smallest absolute Gasteiger partial charge is 0.0994 e. The van der Waals surface area contributed by atoms with Gasteiger partial charge in [-0.15, -0.1) is 0 Å². The first-order chi connectivity index (χ1) is 7.27. The van der Waals surface area contributed by atoms with Gasteiger partial charge in [-0.05, 0) is 37.8 Å². The van der Waals surface area contributed by atoms with Gasteiger partial charge in [-0.3, -0.25) is 4.98 Å². The van der Waals surface area contributed by atoms with E-state index in [9.17, 15) is 10.4 Å². The van der Waals surface area contributed by atoms with Crippen LogP contribution in [0.5, 0.6) is 0 Å². The fraction of sp³-hybridized carbons (Fsp3) is 0.500. The Bertz CT molecular complexity index is 361. The summed E-state index contributed by atoms with van der Waals surface area (Å²) < 4.78 is 0. The molecule has 0 atom stereocenters. The molecular weight excluding hydrogens is 188 g/mol. The molecule has 0 aromatic carbocycles. The van der Waals surface area contributed by atoms with Gasteiger partial charge in [0.15, 0.2) is 0 Å². The van der Waals surface area contributed by atoms with E-state index in [-0.39, 0.29) is 6.10 Å². The van der Waals surface area contributed by atoms with Gasteiger partial charge in [-0.1, -0.05) is 6.07 Å². The first-order valence-corrected chi connectivity index (χ1v) is 5.28. The van der Waals surface area contributed by atoms with Gasteiger partial charge in [0, 0.05) is 6.20 Å². The average molecular weight is 202 g/mol. The molecule has 1 saturated carbocycles. The highest BCUT2D eigenvalue weighted by Gasteiger charge is 2.37. The third-order valence-electron chi connectivity index (χ3n) is 3.18. The predicted molar refractivity (Wildman–Crippen MR) is 56.0 cm³/mol. The van der Waals surface area contributed by atoms with Crippen molar-refractivity contribution in [1.29, 1.82) is 5.26 Å². The van der Waals surface area contributed by atoms with Crippen LogP contribution in [0.2, 0.25) is 0 Å². The summed E-state index contributed by atoms with van der Waals surface area (Å²) in [5.41, 5.74) is 0.375. The lowest BCUT2D eigenvalue weighted by Crippen LogP contribution is -2.32. The number of rotatable bonds is 1. The summed E-state index contributed by atoms with van der Waals surface area (Å²) in [6, 6.07) is 8.05. The second-order valence-corrected chi connectivity index (χ2v) is 4.14. The maximum atomic E-state index is 9.45. The highest BCUT2D eigenvalue weighted by molar-refractivity contribution is 5.27. The van der Waals surface area contributed by atoms with Crippen LogP contribution in [0.3, 0.4) is 0 Å². The molecule has 0 bridgehead atoms. The summed E-state index contributed by atoms with van der Waals surface area (Å²) in [6.07, 6.45) is 4.30. The fourth-order valence-electron chi connectivity index (χ4n) is 2.17. The molecule has 1 aliphatic carbocycles. The van der Waals surface area contributed by atoms with Gasteiger partial charge in [0.05, 0.1) is 23.3 Å². The van der Waals surface area contributed by atoms with Gasteiger partial charge in [0.25, 0.3) is 0 Å². The Hall–Kier alpha value is -1.40. The summed E-state index contributed by atoms with van der Waals surface area (Å²) in [7, 11) is 0. The predicted octanol–water partition coefficient (Wildman–Crippen LogP) is 1.78. The Kier molecular flexibility index (Phi) is 2.70. The number of aliphatic hydroxyl groups excluding tert-OH is 1. The van der Waals surface area contributed by atoms with E-state index in [1.165, 1.54) is 0 Å². The van der Waals surface area contributed by atoms with E-state index >= 15 is 0 Å². The van der Waals surface area contributed by atoms with E-state index < -0.39 is 5.41 Å². The SMILES string of the molecule is N#CC1(c2ccccn2)CCC(O)CC1. The molecule has 0 aliphatic heterocycles. The minimum atomic E-state index is -0.472. The van der Waals surface area contributed by atoms with E-state index in [2.05, 4.69) is 11.1 Å². The van der Waals surface area contributed by atoms with E-state index in [4.69, 9.17) is 0 Å². The molecule has 1 heterocycles. The molecule has 1 N–H and O–H groups in total. The standard InChI is InChI=1S/C12H14N2O/c13-9-12(6-4-10(15)5-7-12)11-3-1-2-8-14-11/h1-3,8,10,15H,4-7H2. The van der Waals surface area contributed by atoms with Crippen molar-refractivity contribution in [2.45, 2.75) is 37.2 Å². The minimum Gasteiger partial charge on any atom is -0.393 e. The Balaban J connectivity index is 2.28. The van der Waals surface area contributed by atoms with Gasteiger partial charge in [-0.25, -0.2) is 0 Å². The quantitative estimate of drug-likeness (QED) is 0.755. The zero-order chi connectivity index (χ0) is 10.7. The van der Waals surface area contributed by atoms with E-state index in [0.717, 1.165) is 5.69 Å². The van der Waals surface area contributed by atoms with Crippen LogP contribution in [0.1, 0.15) is 31.4 Å². The zero-order valence-corrected chi connectivity index (χ0v) is 8.56. The molecule has 0 amide bonds. The zero-order valence-electron chi connectivity index (χ0n) is 8.56. The van der Waals surface area contributed by atoms with Crippen LogP contribution >= 0.6 is 0 Å². The highest BCUT2D eigenvalue weighted by atomic mass is 16.3. The number of nitrogens with zero attached hydrogens (tertiary/aromatic N) is 2. The Morgan fingerprint density at radius 3 is 2.67 bits per heavy atom. The molecule has 3 nitrogen and oxygen atoms in total. The van der Waals surface area contributed by atoms with Crippen LogP contribution < -0.4 is 0 Å². The van der Waals surface area contributed by atoms with Gasteiger partial charge in [-0.2, -0.15) is 5.26 Å². The van der Waals surface area contributed by atoms with Gasteiger partial charge in [0.2, 0.25) is 0 Å². The van der Waals surface area contributed by atoms with Crippen LogP contribution in [0, 0.1) is 11.3 Å². The lowest BCUT2D eigenvalue weighted by Gasteiger charge is -2.32. The highest BCUT2D eigenvalue weighted by Crippen LogP contribution is 2.37. The van der Waals surface area contributed by atoms with Crippen LogP contribution in [-0.4, -0.2) is 16.2 Å². The Morgan fingerprint density at radius 1 is 1.40 bits per heavy atom. The van der Waals surface area contributed by atoms with Gasteiger partial charge in [0.1, 0.15) is 0 Å². The minimum absolute atomic E-state index is 0.241. The summed E-state index contributed by atoms with van der Waals surface area (Å²) in [4.78, 5) is 4.27. The second kappa shape index (κ2) is 4.00. The maximum absolute atomic E-state index is 9.45. The lowest BCUT2D eigenvalue weighted by molar-refractivity contribution is 0.108. The van der Waals surface area contributed by atoms with Crippen molar-refractivity contribution in [3.8, 4) is 6.07 Å². The molecular formula is C12H14N2O. The molecule has 0 radical (unpaired) electrons. The number of hydrogen-bond donors (Lipinski definition) is 1. The Labute approximate surface area is 89.4 Å². The molecule has 1 aromatic rings. The van der Waals surface area contributed by atoms with Crippen molar-refractivity contribution in [2.24, 2.45) is 0 Å². The van der Waals surface area contributed by atoms with Gasteiger partial charge >= 0.3 is 0 Å². The van der Waals surface area contributed by atoms with E-state index in [0.29, 0.717) is 25.7 Å². The third kappa shape index (κ3) is 1.86. The van der Waals surface area contributed by atoms with Crippen LogP contribution in [0.15, 0.2) is 24.4 Å². The maximum Gasteiger partial charge on any atom is 0.0994 e. The largest absolute Gasteiger partial charge is 0.393 e. The van der Waals surface area contributed by atoms with Crippen molar-refractivity contribution in [3.63, 3.8) is 0 Å². The summed E-state index contributed by atoms with van der Waals surface area (Å²) in [5.74, 6) is 0. The van der Waals surface area contributed by atoms with E-state index in [1.54, 1.807) is 6.20 Å². The average Bonchev–Trinajstić information content (AvgIpc) is 2.32. The summed E-state index contributed by atoms with van der Waals surface area (Å²) >= 11 is 0. The molecule has 78 valence electrons. The van der Waals surface area contributed by atoms with Crippen molar-refractivity contribution in [2.75, 3.05) is 0 Å². The molecule has 0 unspecified atom stereocenters. The van der Waals surface area contributed by atoms with Crippen LogP contribution in [0.4, 0.5) is 0 Å². The number of aliphatic hydroxyl groups is 1. The monoisotopic (exact) mass is 202 g/mol. The molecule has 1 fully saturated rings. The van der Waals surface area contributed by atoms with E-state index in [1.807, 2.05) is 18.2 Å². The molecule has 2 rings (SSSR count). The molecule has 0 spiro atoms. The number of pyridine rings is 1. The Morgan fingerprint density at radius 2 is 2.13 bits per heavy atom.